The molecule has 152 valence electrons. The summed E-state index contributed by atoms with van der Waals surface area (Å²) in [6.07, 6.45) is 0. The Morgan fingerprint density at radius 1 is 1.10 bits per heavy atom. The molecule has 1 aromatic carbocycles. The van der Waals surface area contributed by atoms with E-state index in [0.29, 0.717) is 46.5 Å². The topological polar surface area (TPSA) is 114 Å². The van der Waals surface area contributed by atoms with E-state index in [1.165, 1.54) is 4.52 Å². The fraction of sp³-hybridized carbons (Fsp3) is 0.190. The minimum atomic E-state index is -0.554. The van der Waals surface area contributed by atoms with Crippen molar-refractivity contribution in [2.75, 3.05) is 24.3 Å². The number of nitrogens with zero attached hydrogens (tertiary/aromatic N) is 6. The summed E-state index contributed by atoms with van der Waals surface area (Å²) in [6.45, 7) is 2.44. The summed E-state index contributed by atoms with van der Waals surface area (Å²) >= 11 is 0. The summed E-state index contributed by atoms with van der Waals surface area (Å²) in [5.41, 5.74) is 8.99. The summed E-state index contributed by atoms with van der Waals surface area (Å²) < 4.78 is 1.52. The van der Waals surface area contributed by atoms with Crippen LogP contribution >= 0.6 is 0 Å². The Kier molecular flexibility index (Phi) is 5.01. The molecule has 0 aliphatic heterocycles. The summed E-state index contributed by atoms with van der Waals surface area (Å²) in [7, 11) is 3.78. The number of anilines is 2. The Balaban J connectivity index is 1.79. The van der Waals surface area contributed by atoms with Gasteiger partial charge in [-0.2, -0.15) is 5.10 Å². The lowest BCUT2D eigenvalue weighted by Gasteiger charge is -2.16. The molecule has 9 heteroatoms. The molecule has 0 saturated heterocycles. The van der Waals surface area contributed by atoms with Crippen molar-refractivity contribution in [3.05, 3.63) is 65.5 Å². The molecule has 1 amide bonds. The van der Waals surface area contributed by atoms with E-state index in [4.69, 9.17) is 10.7 Å². The lowest BCUT2D eigenvalue weighted by atomic mass is 10.2. The van der Waals surface area contributed by atoms with Gasteiger partial charge in [-0.3, -0.25) is 4.79 Å². The van der Waals surface area contributed by atoms with E-state index in [2.05, 4.69) is 20.6 Å². The summed E-state index contributed by atoms with van der Waals surface area (Å²) in [4.78, 5) is 18.4. The summed E-state index contributed by atoms with van der Waals surface area (Å²) in [6, 6.07) is 15.3. The number of hydrogen-bond donors (Lipinski definition) is 2. The van der Waals surface area contributed by atoms with Crippen molar-refractivity contribution in [3.63, 3.8) is 0 Å². The molecule has 0 spiro atoms. The predicted molar refractivity (Wildman–Crippen MR) is 115 cm³/mol. The first-order chi connectivity index (χ1) is 14.5. The molecule has 3 aromatic heterocycles. The lowest BCUT2D eigenvalue weighted by molar-refractivity contribution is 0.0993. The standard InChI is InChI=1S/C21H22N8O/c1-13-17(15-10-7-11-16(18(22)30)29(15)27-13)19-24-20(21(26-25-19)28(2)3)23-12-14-8-5-4-6-9-14/h4-11H,12H2,1-3H3,(H2,22,30)(H,23,24,25). The van der Waals surface area contributed by atoms with Crippen LogP contribution in [0.5, 0.6) is 0 Å². The largest absolute Gasteiger partial charge is 0.364 e. The molecule has 0 aliphatic rings. The second-order valence-electron chi connectivity index (χ2n) is 7.07. The number of pyridine rings is 1. The van der Waals surface area contributed by atoms with Gasteiger partial charge >= 0.3 is 0 Å². The van der Waals surface area contributed by atoms with Crippen LogP contribution in [0, 0.1) is 6.92 Å². The number of rotatable bonds is 6. The normalized spacial score (nSPS) is 10.9. The van der Waals surface area contributed by atoms with E-state index in [1.54, 1.807) is 12.1 Å². The zero-order valence-corrected chi connectivity index (χ0v) is 17.0. The molecular weight excluding hydrogens is 380 g/mol. The van der Waals surface area contributed by atoms with Crippen LogP contribution in [0.25, 0.3) is 16.9 Å². The van der Waals surface area contributed by atoms with Gasteiger partial charge < -0.3 is 16.0 Å². The van der Waals surface area contributed by atoms with Gasteiger partial charge in [0.2, 0.25) is 0 Å². The van der Waals surface area contributed by atoms with Crippen LogP contribution in [0.2, 0.25) is 0 Å². The average molecular weight is 402 g/mol. The van der Waals surface area contributed by atoms with Crippen LogP contribution in [0.15, 0.2) is 48.5 Å². The van der Waals surface area contributed by atoms with Gasteiger partial charge in [-0.05, 0) is 24.6 Å². The van der Waals surface area contributed by atoms with Gasteiger partial charge in [0.25, 0.3) is 5.91 Å². The first-order valence-corrected chi connectivity index (χ1v) is 9.44. The van der Waals surface area contributed by atoms with Crippen molar-refractivity contribution >= 4 is 23.1 Å². The smallest absolute Gasteiger partial charge is 0.267 e. The average Bonchev–Trinajstić information content (AvgIpc) is 3.08. The Hall–Kier alpha value is -4.01. The molecule has 0 atom stereocenters. The molecule has 0 saturated carbocycles. The Labute approximate surface area is 173 Å². The van der Waals surface area contributed by atoms with Gasteiger partial charge in [0.1, 0.15) is 5.69 Å². The third-order valence-electron chi connectivity index (χ3n) is 4.70. The molecule has 4 rings (SSSR count). The summed E-state index contributed by atoms with van der Waals surface area (Å²) in [5, 5.41) is 16.5. The number of nitrogens with two attached hydrogens (primary N) is 1. The van der Waals surface area contributed by atoms with Crippen molar-refractivity contribution in [1.29, 1.82) is 0 Å². The van der Waals surface area contributed by atoms with Crippen LogP contribution in [-0.2, 0) is 6.54 Å². The number of benzene rings is 1. The van der Waals surface area contributed by atoms with E-state index < -0.39 is 5.91 Å². The molecule has 3 N–H and O–H groups in total. The van der Waals surface area contributed by atoms with Crippen LogP contribution in [0.3, 0.4) is 0 Å². The quantitative estimate of drug-likeness (QED) is 0.508. The molecule has 0 radical (unpaired) electrons. The maximum Gasteiger partial charge on any atom is 0.267 e. The molecule has 30 heavy (non-hydrogen) atoms. The molecule has 3 heterocycles. The zero-order chi connectivity index (χ0) is 21.3. The van der Waals surface area contributed by atoms with Crippen LogP contribution in [0.1, 0.15) is 21.7 Å². The highest BCUT2D eigenvalue weighted by Gasteiger charge is 2.20. The molecular formula is C21H22N8O. The van der Waals surface area contributed by atoms with Crippen LogP contribution < -0.4 is 16.0 Å². The van der Waals surface area contributed by atoms with Gasteiger partial charge in [-0.1, -0.05) is 36.4 Å². The maximum atomic E-state index is 11.8. The first kappa shape index (κ1) is 19.3. The van der Waals surface area contributed by atoms with E-state index >= 15 is 0 Å². The second kappa shape index (κ2) is 7.78. The van der Waals surface area contributed by atoms with Crippen LogP contribution in [0.4, 0.5) is 11.6 Å². The van der Waals surface area contributed by atoms with E-state index in [1.807, 2.05) is 62.3 Å². The van der Waals surface area contributed by atoms with E-state index in [-0.39, 0.29) is 0 Å². The molecule has 0 fully saturated rings. The van der Waals surface area contributed by atoms with Gasteiger partial charge in [0, 0.05) is 20.6 Å². The highest BCUT2D eigenvalue weighted by atomic mass is 16.1. The Bertz CT molecular complexity index is 1220. The Morgan fingerprint density at radius 3 is 2.57 bits per heavy atom. The maximum absolute atomic E-state index is 11.8. The van der Waals surface area contributed by atoms with E-state index in [0.717, 1.165) is 5.56 Å². The van der Waals surface area contributed by atoms with Gasteiger partial charge in [-0.25, -0.2) is 9.50 Å². The van der Waals surface area contributed by atoms with Crippen molar-refractivity contribution in [2.45, 2.75) is 13.5 Å². The van der Waals surface area contributed by atoms with Crippen molar-refractivity contribution < 1.29 is 4.79 Å². The van der Waals surface area contributed by atoms with Crippen LogP contribution in [-0.4, -0.2) is 44.8 Å². The highest BCUT2D eigenvalue weighted by Crippen LogP contribution is 2.29. The van der Waals surface area contributed by atoms with Crippen molar-refractivity contribution in [2.24, 2.45) is 5.73 Å². The second-order valence-corrected chi connectivity index (χ2v) is 7.07. The molecule has 4 aromatic rings. The number of hydrogen-bond acceptors (Lipinski definition) is 7. The van der Waals surface area contributed by atoms with E-state index in [9.17, 15) is 4.79 Å². The third kappa shape index (κ3) is 3.52. The number of aromatic nitrogens is 5. The minimum Gasteiger partial charge on any atom is -0.364 e. The molecule has 0 unspecified atom stereocenters. The zero-order valence-electron chi connectivity index (χ0n) is 17.0. The van der Waals surface area contributed by atoms with Crippen molar-refractivity contribution in [3.8, 4) is 11.4 Å². The molecule has 0 aliphatic carbocycles. The van der Waals surface area contributed by atoms with Crippen molar-refractivity contribution in [1.82, 2.24) is 24.8 Å². The molecule has 9 nitrogen and oxygen atoms in total. The molecule has 0 bridgehead atoms. The Morgan fingerprint density at radius 2 is 1.87 bits per heavy atom. The fourth-order valence-corrected chi connectivity index (χ4v) is 3.27. The SMILES string of the molecule is Cc1nn2c(C(N)=O)cccc2c1-c1nnc(N(C)C)c(NCc2ccccc2)n1. The summed E-state index contributed by atoms with van der Waals surface area (Å²) in [5.74, 6) is 1.10. The van der Waals surface area contributed by atoms with Gasteiger partial charge in [-0.15, -0.1) is 10.2 Å². The lowest BCUT2D eigenvalue weighted by Crippen LogP contribution is -2.17. The first-order valence-electron chi connectivity index (χ1n) is 9.44. The predicted octanol–water partition coefficient (Wildman–Crippen LogP) is 2.27. The number of aryl methyl sites for hydroxylation is 1. The highest BCUT2D eigenvalue weighted by molar-refractivity contribution is 5.93. The number of carbonyl (C=O) groups is 1. The number of primary amides is 1. The fourth-order valence-electron chi connectivity index (χ4n) is 3.27. The number of fused-ring (bicyclic) bond motifs is 1. The minimum absolute atomic E-state index is 0.294. The number of nitrogens with one attached hydrogen (secondary N) is 1. The van der Waals surface area contributed by atoms with Gasteiger partial charge in [0.05, 0.1) is 16.8 Å². The third-order valence-corrected chi connectivity index (χ3v) is 4.70. The monoisotopic (exact) mass is 402 g/mol. The number of carbonyl (C=O) groups excluding carboxylic acids is 1. The van der Waals surface area contributed by atoms with Gasteiger partial charge in [0.15, 0.2) is 17.5 Å². The number of amides is 1.